The molecular weight excluding hydrogens is 340 g/mol. The molecule has 0 N–H and O–H groups in total. The number of ether oxygens (including phenoxy) is 1. The van der Waals surface area contributed by atoms with Gasteiger partial charge in [0, 0.05) is 23.4 Å². The summed E-state index contributed by atoms with van der Waals surface area (Å²) in [4.78, 5) is 7.35. The fourth-order valence-corrected chi connectivity index (χ4v) is 2.78. The third kappa shape index (κ3) is 5.36. The van der Waals surface area contributed by atoms with Crippen molar-refractivity contribution < 1.29 is 9.15 Å². The van der Waals surface area contributed by atoms with E-state index in [4.69, 9.17) is 14.7 Å². The van der Waals surface area contributed by atoms with Crippen LogP contribution < -0.4 is 4.74 Å². The van der Waals surface area contributed by atoms with Gasteiger partial charge < -0.3 is 9.15 Å². The molecule has 0 aliphatic rings. The first-order chi connectivity index (χ1) is 13.3. The van der Waals surface area contributed by atoms with E-state index in [9.17, 15) is 0 Å². The van der Waals surface area contributed by atoms with Crippen LogP contribution in [0, 0.1) is 6.92 Å². The van der Waals surface area contributed by atoms with Crippen LogP contribution in [0.3, 0.4) is 0 Å². The lowest BCUT2D eigenvalue weighted by atomic mass is 10.1. The van der Waals surface area contributed by atoms with Crippen molar-refractivity contribution in [3.05, 3.63) is 82.1 Å². The summed E-state index contributed by atoms with van der Waals surface area (Å²) in [5.74, 6) is 2.30. The highest BCUT2D eigenvalue weighted by molar-refractivity contribution is 5.53. The van der Waals surface area contributed by atoms with Gasteiger partial charge in [-0.2, -0.15) is 0 Å². The van der Waals surface area contributed by atoms with Crippen molar-refractivity contribution in [2.24, 2.45) is 5.11 Å². The largest absolute Gasteiger partial charge is 0.493 e. The first-order valence-corrected chi connectivity index (χ1v) is 9.00. The van der Waals surface area contributed by atoms with Crippen molar-refractivity contribution >= 4 is 0 Å². The average Bonchev–Trinajstić information content (AvgIpc) is 3.08. The van der Waals surface area contributed by atoms with Gasteiger partial charge in [0.1, 0.15) is 11.5 Å². The predicted octanol–water partition coefficient (Wildman–Crippen LogP) is 5.51. The van der Waals surface area contributed by atoms with Crippen molar-refractivity contribution in [2.45, 2.75) is 26.2 Å². The molecule has 0 saturated heterocycles. The van der Waals surface area contributed by atoms with E-state index in [2.05, 4.69) is 15.0 Å². The molecule has 0 aliphatic heterocycles. The smallest absolute Gasteiger partial charge is 0.226 e. The summed E-state index contributed by atoms with van der Waals surface area (Å²) < 4.78 is 11.6. The van der Waals surface area contributed by atoms with E-state index < -0.39 is 0 Å². The number of oxazole rings is 1. The molecule has 27 heavy (non-hydrogen) atoms. The lowest BCUT2D eigenvalue weighted by molar-refractivity contribution is 0.320. The highest BCUT2D eigenvalue weighted by Crippen LogP contribution is 2.22. The van der Waals surface area contributed by atoms with Gasteiger partial charge >= 0.3 is 0 Å². The van der Waals surface area contributed by atoms with Crippen LogP contribution in [0.4, 0.5) is 0 Å². The molecule has 0 amide bonds. The minimum absolute atomic E-state index is 0.525. The van der Waals surface area contributed by atoms with Crippen LogP contribution in [-0.2, 0) is 12.8 Å². The Morgan fingerprint density at radius 1 is 1.07 bits per heavy atom. The molecule has 138 valence electrons. The average molecular weight is 362 g/mol. The van der Waals surface area contributed by atoms with Crippen molar-refractivity contribution in [3.63, 3.8) is 0 Å². The molecule has 0 spiro atoms. The van der Waals surface area contributed by atoms with Crippen LogP contribution >= 0.6 is 0 Å². The SMILES string of the molecule is Cc1oc(-c2ccccc2)nc1CCOc1ccc(CCCN=[N+]=[N-])cc1. The van der Waals surface area contributed by atoms with Gasteiger partial charge in [-0.05, 0) is 55.1 Å². The number of rotatable bonds is 9. The maximum Gasteiger partial charge on any atom is 0.226 e. The Morgan fingerprint density at radius 3 is 2.59 bits per heavy atom. The Labute approximate surface area is 158 Å². The highest BCUT2D eigenvalue weighted by atomic mass is 16.5. The lowest BCUT2D eigenvalue weighted by Crippen LogP contribution is -2.02. The first-order valence-electron chi connectivity index (χ1n) is 9.00. The second kappa shape index (κ2) is 9.46. The van der Waals surface area contributed by atoms with E-state index in [0.717, 1.165) is 35.6 Å². The zero-order valence-electron chi connectivity index (χ0n) is 15.3. The number of hydrogen-bond donors (Lipinski definition) is 0. The van der Waals surface area contributed by atoms with Crippen molar-refractivity contribution in [2.75, 3.05) is 13.2 Å². The number of aryl methyl sites for hydroxylation is 2. The fourth-order valence-electron chi connectivity index (χ4n) is 2.78. The minimum Gasteiger partial charge on any atom is -0.493 e. The predicted molar refractivity (Wildman–Crippen MR) is 105 cm³/mol. The molecule has 6 nitrogen and oxygen atoms in total. The van der Waals surface area contributed by atoms with Gasteiger partial charge in [0.25, 0.3) is 0 Å². The van der Waals surface area contributed by atoms with Gasteiger partial charge in [-0.3, -0.25) is 0 Å². The second-order valence-corrected chi connectivity index (χ2v) is 6.19. The monoisotopic (exact) mass is 362 g/mol. The van der Waals surface area contributed by atoms with E-state index in [1.165, 1.54) is 5.56 Å². The zero-order valence-corrected chi connectivity index (χ0v) is 15.3. The molecule has 1 heterocycles. The maximum absolute atomic E-state index is 8.27. The molecule has 0 unspecified atom stereocenters. The Kier molecular flexibility index (Phi) is 6.50. The zero-order chi connectivity index (χ0) is 18.9. The molecule has 0 radical (unpaired) electrons. The van der Waals surface area contributed by atoms with E-state index in [-0.39, 0.29) is 0 Å². The molecule has 6 heteroatoms. The molecule has 0 atom stereocenters. The lowest BCUT2D eigenvalue weighted by Gasteiger charge is -2.06. The molecule has 1 aromatic heterocycles. The Morgan fingerprint density at radius 2 is 1.85 bits per heavy atom. The van der Waals surface area contributed by atoms with E-state index in [0.29, 0.717) is 25.5 Å². The number of aromatic nitrogens is 1. The molecular formula is C21H22N4O2. The van der Waals surface area contributed by atoms with E-state index in [1.807, 2.05) is 61.5 Å². The fraction of sp³-hybridized carbons (Fsp3) is 0.286. The Hall–Kier alpha value is -3.24. The van der Waals surface area contributed by atoms with Gasteiger partial charge in [-0.25, -0.2) is 4.98 Å². The van der Waals surface area contributed by atoms with E-state index >= 15 is 0 Å². The third-order valence-corrected chi connectivity index (χ3v) is 4.23. The van der Waals surface area contributed by atoms with Gasteiger partial charge in [0.05, 0.1) is 12.3 Å². The minimum atomic E-state index is 0.525. The Balaban J connectivity index is 1.50. The summed E-state index contributed by atoms with van der Waals surface area (Å²) in [5, 5.41) is 3.54. The van der Waals surface area contributed by atoms with Crippen LogP contribution in [0.25, 0.3) is 21.9 Å². The summed E-state index contributed by atoms with van der Waals surface area (Å²) in [7, 11) is 0. The quantitative estimate of drug-likeness (QED) is 0.217. The van der Waals surface area contributed by atoms with Crippen LogP contribution in [0.15, 0.2) is 64.1 Å². The molecule has 2 aromatic carbocycles. The molecule has 0 aliphatic carbocycles. The molecule has 3 aromatic rings. The molecule has 0 fully saturated rings. The van der Waals surface area contributed by atoms with Crippen molar-refractivity contribution in [1.29, 1.82) is 0 Å². The van der Waals surface area contributed by atoms with Crippen molar-refractivity contribution in [1.82, 2.24) is 4.98 Å². The van der Waals surface area contributed by atoms with Crippen molar-refractivity contribution in [3.8, 4) is 17.2 Å². The van der Waals surface area contributed by atoms with Gasteiger partial charge in [0.2, 0.25) is 5.89 Å². The highest BCUT2D eigenvalue weighted by Gasteiger charge is 2.11. The van der Waals surface area contributed by atoms with E-state index in [1.54, 1.807) is 0 Å². The Bertz CT molecular complexity index is 898. The summed E-state index contributed by atoms with van der Waals surface area (Å²) in [6, 6.07) is 17.9. The van der Waals surface area contributed by atoms with Crippen LogP contribution in [0.2, 0.25) is 0 Å². The third-order valence-electron chi connectivity index (χ3n) is 4.23. The number of hydrogen-bond acceptors (Lipinski definition) is 4. The van der Waals surface area contributed by atoms with Gasteiger partial charge in [0.15, 0.2) is 0 Å². The van der Waals surface area contributed by atoms with Crippen LogP contribution in [0.1, 0.15) is 23.4 Å². The maximum atomic E-state index is 8.27. The summed E-state index contributed by atoms with van der Waals surface area (Å²) in [6.07, 6.45) is 2.43. The number of nitrogens with zero attached hydrogens (tertiary/aromatic N) is 4. The van der Waals surface area contributed by atoms with Gasteiger partial charge in [-0.1, -0.05) is 35.4 Å². The van der Waals surface area contributed by atoms with Crippen LogP contribution in [-0.4, -0.2) is 18.1 Å². The topological polar surface area (TPSA) is 84.0 Å². The molecule has 0 saturated carbocycles. The molecule has 3 rings (SSSR count). The van der Waals surface area contributed by atoms with Gasteiger partial charge in [-0.15, -0.1) is 0 Å². The summed E-state index contributed by atoms with van der Waals surface area (Å²) in [5.41, 5.74) is 11.4. The normalized spacial score (nSPS) is 10.4. The summed E-state index contributed by atoms with van der Waals surface area (Å²) in [6.45, 7) is 2.99. The number of azide groups is 1. The second-order valence-electron chi connectivity index (χ2n) is 6.19. The number of benzene rings is 2. The molecule has 0 bridgehead atoms. The first kappa shape index (κ1) is 18.5. The summed E-state index contributed by atoms with van der Waals surface area (Å²) >= 11 is 0. The van der Waals surface area contributed by atoms with Crippen LogP contribution in [0.5, 0.6) is 5.75 Å². The standard InChI is InChI=1S/C21H22N4O2/c1-16-20(24-21(27-16)18-7-3-2-4-8-18)13-15-26-19-11-9-17(10-12-19)6-5-14-23-25-22/h2-4,7-12H,5-6,13-15H2,1H3.